The van der Waals surface area contributed by atoms with Crippen LogP contribution < -0.4 is 5.32 Å². The lowest BCUT2D eigenvalue weighted by atomic mass is 10.1. The molecule has 1 aromatic rings. The van der Waals surface area contributed by atoms with Gasteiger partial charge in [-0.3, -0.25) is 14.9 Å². The van der Waals surface area contributed by atoms with E-state index in [1.165, 1.54) is 23.1 Å². The van der Waals surface area contributed by atoms with Crippen LogP contribution in [0.3, 0.4) is 0 Å². The maximum atomic E-state index is 11.9. The van der Waals surface area contributed by atoms with Gasteiger partial charge in [0.2, 0.25) is 0 Å². The highest BCUT2D eigenvalue weighted by Gasteiger charge is 2.17. The van der Waals surface area contributed by atoms with Gasteiger partial charge in [0, 0.05) is 32.3 Å². The fourth-order valence-electron chi connectivity index (χ4n) is 1.65. The summed E-state index contributed by atoms with van der Waals surface area (Å²) in [5.74, 6) is -0.232. The molecular weight excluding hydrogens is 278 g/mol. The van der Waals surface area contributed by atoms with Crippen molar-refractivity contribution in [2.75, 3.05) is 45.8 Å². The molecule has 0 unspecified atom stereocenters. The van der Waals surface area contributed by atoms with E-state index in [4.69, 9.17) is 9.84 Å². The number of anilines is 1. The number of nitrogens with zero attached hydrogens (tertiary/aromatic N) is 2. The van der Waals surface area contributed by atoms with Crippen molar-refractivity contribution in [2.24, 2.45) is 0 Å². The molecule has 1 rings (SSSR count). The van der Waals surface area contributed by atoms with E-state index in [1.54, 1.807) is 14.1 Å². The zero-order valence-electron chi connectivity index (χ0n) is 12.0. The topological polar surface area (TPSA) is 105 Å². The van der Waals surface area contributed by atoms with Gasteiger partial charge in [-0.2, -0.15) is 0 Å². The maximum absolute atomic E-state index is 11.9. The molecule has 0 heterocycles. The number of nitro benzene ring substituents is 1. The number of rotatable bonds is 8. The van der Waals surface area contributed by atoms with Crippen LogP contribution in [-0.4, -0.2) is 61.3 Å². The van der Waals surface area contributed by atoms with E-state index in [-0.39, 0.29) is 30.5 Å². The van der Waals surface area contributed by atoms with Crippen molar-refractivity contribution in [1.29, 1.82) is 0 Å². The lowest BCUT2D eigenvalue weighted by Crippen LogP contribution is -2.22. The number of amides is 1. The Kier molecular flexibility index (Phi) is 6.57. The van der Waals surface area contributed by atoms with Crippen molar-refractivity contribution in [3.05, 3.63) is 33.9 Å². The van der Waals surface area contributed by atoms with Crippen LogP contribution in [0.15, 0.2) is 18.2 Å². The molecule has 0 bridgehead atoms. The van der Waals surface area contributed by atoms with Crippen LogP contribution in [0.25, 0.3) is 0 Å². The molecule has 0 saturated heterocycles. The van der Waals surface area contributed by atoms with Gasteiger partial charge in [0.1, 0.15) is 5.69 Å². The molecule has 0 spiro atoms. The van der Waals surface area contributed by atoms with Crippen molar-refractivity contribution in [1.82, 2.24) is 4.90 Å². The van der Waals surface area contributed by atoms with E-state index in [9.17, 15) is 14.9 Å². The summed E-state index contributed by atoms with van der Waals surface area (Å²) >= 11 is 0. The second-order valence-corrected chi connectivity index (χ2v) is 4.45. The van der Waals surface area contributed by atoms with Gasteiger partial charge in [0.25, 0.3) is 11.6 Å². The fraction of sp³-hybridized carbons (Fsp3) is 0.462. The quantitative estimate of drug-likeness (QED) is 0.416. The molecule has 0 aliphatic heterocycles. The summed E-state index contributed by atoms with van der Waals surface area (Å²) in [7, 11) is 3.22. The second-order valence-electron chi connectivity index (χ2n) is 4.45. The molecule has 1 aromatic carbocycles. The number of aliphatic hydroxyl groups is 1. The molecule has 8 heteroatoms. The van der Waals surface area contributed by atoms with E-state index >= 15 is 0 Å². The van der Waals surface area contributed by atoms with Crippen LogP contribution in [0.2, 0.25) is 0 Å². The Labute approximate surface area is 122 Å². The molecule has 21 heavy (non-hydrogen) atoms. The molecule has 0 aliphatic rings. The lowest BCUT2D eigenvalue weighted by Gasteiger charge is -2.12. The molecule has 0 aromatic heterocycles. The Morgan fingerprint density at radius 1 is 1.43 bits per heavy atom. The summed E-state index contributed by atoms with van der Waals surface area (Å²) in [6.07, 6.45) is 0. The number of carbonyl (C=O) groups excluding carboxylic acids is 1. The Hall–Kier alpha value is -2.19. The molecule has 8 nitrogen and oxygen atoms in total. The minimum absolute atomic E-state index is 0.0764. The standard InChI is InChI=1S/C13H19N3O5/c1-15(2)13(18)10-3-4-12(16(19)20)11(9-10)14-5-7-21-8-6-17/h3-4,9,14,17H,5-8H2,1-2H3. The minimum atomic E-state index is -0.513. The molecule has 116 valence electrons. The van der Waals surface area contributed by atoms with E-state index in [0.29, 0.717) is 18.7 Å². The van der Waals surface area contributed by atoms with Crippen LogP contribution in [0.1, 0.15) is 10.4 Å². The van der Waals surface area contributed by atoms with Crippen molar-refractivity contribution in [3.8, 4) is 0 Å². The van der Waals surface area contributed by atoms with Crippen molar-refractivity contribution >= 4 is 17.3 Å². The first-order valence-corrected chi connectivity index (χ1v) is 6.40. The van der Waals surface area contributed by atoms with Crippen LogP contribution in [0.4, 0.5) is 11.4 Å². The number of nitro groups is 1. The normalized spacial score (nSPS) is 10.2. The first kappa shape index (κ1) is 16.9. The van der Waals surface area contributed by atoms with Gasteiger partial charge in [-0.05, 0) is 12.1 Å². The number of hydrogen-bond donors (Lipinski definition) is 2. The highest BCUT2D eigenvalue weighted by molar-refractivity contribution is 5.95. The number of benzene rings is 1. The monoisotopic (exact) mass is 297 g/mol. The van der Waals surface area contributed by atoms with Crippen molar-refractivity contribution < 1.29 is 19.6 Å². The molecule has 1 amide bonds. The zero-order valence-corrected chi connectivity index (χ0v) is 12.0. The van der Waals surface area contributed by atoms with Crippen LogP contribution in [0, 0.1) is 10.1 Å². The number of carbonyl (C=O) groups is 1. The highest BCUT2D eigenvalue weighted by Crippen LogP contribution is 2.25. The third kappa shape index (κ3) is 5.01. The Morgan fingerprint density at radius 2 is 2.14 bits per heavy atom. The first-order valence-electron chi connectivity index (χ1n) is 6.40. The van der Waals surface area contributed by atoms with E-state index < -0.39 is 4.92 Å². The van der Waals surface area contributed by atoms with Crippen LogP contribution >= 0.6 is 0 Å². The second kappa shape index (κ2) is 8.18. The average molecular weight is 297 g/mol. The van der Waals surface area contributed by atoms with E-state index in [1.807, 2.05) is 0 Å². The summed E-state index contributed by atoms with van der Waals surface area (Å²) in [5.41, 5.74) is 0.525. The van der Waals surface area contributed by atoms with Gasteiger partial charge >= 0.3 is 0 Å². The van der Waals surface area contributed by atoms with Crippen LogP contribution in [0.5, 0.6) is 0 Å². The SMILES string of the molecule is CN(C)C(=O)c1ccc([N+](=O)[O-])c(NCCOCCO)c1. The van der Waals surface area contributed by atoms with E-state index in [0.717, 1.165) is 0 Å². The van der Waals surface area contributed by atoms with Crippen LogP contribution in [-0.2, 0) is 4.74 Å². The number of aliphatic hydroxyl groups excluding tert-OH is 1. The Morgan fingerprint density at radius 3 is 2.71 bits per heavy atom. The minimum Gasteiger partial charge on any atom is -0.394 e. The van der Waals surface area contributed by atoms with Crippen molar-refractivity contribution in [3.63, 3.8) is 0 Å². The van der Waals surface area contributed by atoms with Gasteiger partial charge in [-0.15, -0.1) is 0 Å². The van der Waals surface area contributed by atoms with Gasteiger partial charge in [-0.1, -0.05) is 0 Å². The first-order chi connectivity index (χ1) is 9.97. The molecule has 0 saturated carbocycles. The average Bonchev–Trinajstić information content (AvgIpc) is 2.45. The third-order valence-corrected chi connectivity index (χ3v) is 2.64. The highest BCUT2D eigenvalue weighted by atomic mass is 16.6. The lowest BCUT2D eigenvalue weighted by molar-refractivity contribution is -0.384. The largest absolute Gasteiger partial charge is 0.394 e. The van der Waals surface area contributed by atoms with Crippen molar-refractivity contribution in [2.45, 2.75) is 0 Å². The third-order valence-electron chi connectivity index (χ3n) is 2.64. The zero-order chi connectivity index (χ0) is 15.8. The summed E-state index contributed by atoms with van der Waals surface area (Å²) < 4.78 is 5.06. The number of ether oxygens (including phenoxy) is 1. The molecule has 0 fully saturated rings. The predicted molar refractivity (Wildman–Crippen MR) is 77.5 cm³/mol. The molecule has 2 N–H and O–H groups in total. The summed E-state index contributed by atoms with van der Waals surface area (Å²) in [5, 5.41) is 22.4. The maximum Gasteiger partial charge on any atom is 0.292 e. The Bertz CT molecular complexity index is 505. The number of hydrogen-bond acceptors (Lipinski definition) is 6. The predicted octanol–water partition coefficient (Wildman–Crippen LogP) is 0.717. The molecule has 0 aliphatic carbocycles. The van der Waals surface area contributed by atoms with E-state index in [2.05, 4.69) is 5.32 Å². The summed E-state index contributed by atoms with van der Waals surface area (Å²) in [6, 6.07) is 4.17. The van der Waals surface area contributed by atoms with Gasteiger partial charge in [-0.25, -0.2) is 0 Å². The fourth-order valence-corrected chi connectivity index (χ4v) is 1.65. The van der Waals surface area contributed by atoms with Gasteiger partial charge < -0.3 is 20.1 Å². The Balaban J connectivity index is 2.84. The summed E-state index contributed by atoms with van der Waals surface area (Å²) in [4.78, 5) is 23.7. The molecular formula is C13H19N3O5. The molecule has 0 radical (unpaired) electrons. The van der Waals surface area contributed by atoms with Gasteiger partial charge in [0.05, 0.1) is 24.7 Å². The summed E-state index contributed by atoms with van der Waals surface area (Å²) in [6.45, 7) is 0.764. The molecule has 0 atom stereocenters. The number of nitrogens with one attached hydrogen (secondary N) is 1. The van der Waals surface area contributed by atoms with Gasteiger partial charge in [0.15, 0.2) is 0 Å². The smallest absolute Gasteiger partial charge is 0.292 e.